The summed E-state index contributed by atoms with van der Waals surface area (Å²) in [5, 5.41) is 3.83. The number of nitrogens with zero attached hydrogens (tertiary/aromatic N) is 1. The van der Waals surface area contributed by atoms with Crippen molar-refractivity contribution in [1.29, 1.82) is 0 Å². The number of rotatable bonds is 3. The Kier molecular flexibility index (Phi) is 4.37. The summed E-state index contributed by atoms with van der Waals surface area (Å²) in [7, 11) is 1.47. The maximum Gasteiger partial charge on any atom is 0.410 e. The fraction of sp³-hybridized carbons (Fsp3) is 0.0909. The molecule has 0 bridgehead atoms. The van der Waals surface area contributed by atoms with E-state index in [9.17, 15) is 4.79 Å². The van der Waals surface area contributed by atoms with E-state index < -0.39 is 5.97 Å². The lowest BCUT2D eigenvalue weighted by molar-refractivity contribution is -0.136. The maximum atomic E-state index is 10.7. The minimum absolute atomic E-state index is 0.0621. The van der Waals surface area contributed by atoms with Crippen molar-refractivity contribution in [2.24, 2.45) is 10.9 Å². The highest BCUT2D eigenvalue weighted by atomic mass is 35.5. The predicted molar refractivity (Wildman–Crippen MR) is 63.7 cm³/mol. The largest absolute Gasteiger partial charge is 0.496 e. The SMILES string of the molecule is C#CC(=O)O/N=C(\N)c1cc(Cl)ccc1OC. The molecule has 0 aliphatic carbocycles. The van der Waals surface area contributed by atoms with Crippen LogP contribution in [0.4, 0.5) is 0 Å². The third kappa shape index (κ3) is 3.40. The van der Waals surface area contributed by atoms with Crippen LogP contribution in [0, 0.1) is 12.3 Å². The molecule has 0 heterocycles. The summed E-state index contributed by atoms with van der Waals surface area (Å²) >= 11 is 5.80. The molecule has 0 amide bonds. The van der Waals surface area contributed by atoms with E-state index in [0.717, 1.165) is 0 Å². The number of hydrogen-bond donors (Lipinski definition) is 1. The molecule has 0 unspecified atom stereocenters. The molecule has 88 valence electrons. The van der Waals surface area contributed by atoms with Crippen LogP contribution in [0.15, 0.2) is 23.4 Å². The van der Waals surface area contributed by atoms with E-state index in [1.165, 1.54) is 13.2 Å². The molecule has 5 nitrogen and oxygen atoms in total. The van der Waals surface area contributed by atoms with Crippen molar-refractivity contribution in [1.82, 2.24) is 0 Å². The average molecular weight is 253 g/mol. The molecular formula is C11H9ClN2O3. The molecule has 1 aromatic carbocycles. The number of methoxy groups -OCH3 is 1. The molecule has 0 fully saturated rings. The predicted octanol–water partition coefficient (Wildman–Crippen LogP) is 1.15. The van der Waals surface area contributed by atoms with E-state index in [1.54, 1.807) is 18.1 Å². The lowest BCUT2D eigenvalue weighted by atomic mass is 10.2. The second-order valence-electron chi connectivity index (χ2n) is 2.84. The van der Waals surface area contributed by atoms with Gasteiger partial charge in [-0.3, -0.25) is 0 Å². The Bertz CT molecular complexity index is 506. The van der Waals surface area contributed by atoms with E-state index in [0.29, 0.717) is 16.3 Å². The van der Waals surface area contributed by atoms with Gasteiger partial charge in [0, 0.05) is 10.9 Å². The molecule has 0 spiro atoms. The smallest absolute Gasteiger partial charge is 0.410 e. The molecule has 0 saturated heterocycles. The lowest BCUT2D eigenvalue weighted by Gasteiger charge is -2.07. The first-order valence-electron chi connectivity index (χ1n) is 4.43. The van der Waals surface area contributed by atoms with Gasteiger partial charge in [-0.15, -0.1) is 6.42 Å². The van der Waals surface area contributed by atoms with Crippen LogP contribution in [0.5, 0.6) is 5.75 Å². The van der Waals surface area contributed by atoms with Crippen LogP contribution in [0.1, 0.15) is 5.56 Å². The first-order valence-corrected chi connectivity index (χ1v) is 4.81. The van der Waals surface area contributed by atoms with Gasteiger partial charge in [-0.05, 0) is 18.2 Å². The topological polar surface area (TPSA) is 73.9 Å². The summed E-state index contributed by atoms with van der Waals surface area (Å²) < 4.78 is 5.05. The Morgan fingerprint density at radius 3 is 2.88 bits per heavy atom. The van der Waals surface area contributed by atoms with Crippen molar-refractivity contribution >= 4 is 23.4 Å². The fourth-order valence-corrected chi connectivity index (χ4v) is 1.22. The zero-order valence-corrected chi connectivity index (χ0v) is 9.69. The molecule has 0 aliphatic rings. The van der Waals surface area contributed by atoms with E-state index in [-0.39, 0.29) is 5.84 Å². The Morgan fingerprint density at radius 2 is 2.29 bits per heavy atom. The average Bonchev–Trinajstić information content (AvgIpc) is 2.35. The molecular weight excluding hydrogens is 244 g/mol. The van der Waals surface area contributed by atoms with Gasteiger partial charge in [0.2, 0.25) is 0 Å². The van der Waals surface area contributed by atoms with Crippen LogP contribution in [-0.4, -0.2) is 18.9 Å². The van der Waals surface area contributed by atoms with E-state index >= 15 is 0 Å². The standard InChI is InChI=1S/C11H9ClN2O3/c1-3-10(15)17-14-11(13)8-6-7(12)4-5-9(8)16-2/h1,4-6H,2H3,(H2,13,14). The number of benzene rings is 1. The molecule has 6 heteroatoms. The van der Waals surface area contributed by atoms with E-state index in [2.05, 4.69) is 9.99 Å². The molecule has 0 aliphatic heterocycles. The first kappa shape index (κ1) is 12.9. The number of ether oxygens (including phenoxy) is 1. The van der Waals surface area contributed by atoms with Crippen LogP contribution in [0.3, 0.4) is 0 Å². The van der Waals surface area contributed by atoms with Crippen molar-refractivity contribution in [2.45, 2.75) is 0 Å². The Morgan fingerprint density at radius 1 is 1.59 bits per heavy atom. The van der Waals surface area contributed by atoms with Crippen LogP contribution in [0.25, 0.3) is 0 Å². The van der Waals surface area contributed by atoms with Crippen molar-refractivity contribution in [3.05, 3.63) is 28.8 Å². The number of nitrogens with two attached hydrogens (primary N) is 1. The van der Waals surface area contributed by atoms with Crippen LogP contribution in [0.2, 0.25) is 5.02 Å². The summed E-state index contributed by atoms with van der Waals surface area (Å²) in [6.07, 6.45) is 4.80. The lowest BCUT2D eigenvalue weighted by Crippen LogP contribution is -2.16. The molecule has 0 aromatic heterocycles. The minimum Gasteiger partial charge on any atom is -0.496 e. The fourth-order valence-electron chi connectivity index (χ4n) is 1.05. The number of amidine groups is 1. The molecule has 0 radical (unpaired) electrons. The van der Waals surface area contributed by atoms with Crippen LogP contribution < -0.4 is 10.5 Å². The number of carbonyl (C=O) groups is 1. The van der Waals surface area contributed by atoms with Gasteiger partial charge >= 0.3 is 5.97 Å². The third-order valence-electron chi connectivity index (χ3n) is 1.78. The van der Waals surface area contributed by atoms with Crippen LogP contribution in [-0.2, 0) is 9.63 Å². The van der Waals surface area contributed by atoms with Gasteiger partial charge in [0.05, 0.1) is 12.7 Å². The molecule has 1 aromatic rings. The normalized spacial score (nSPS) is 10.5. The van der Waals surface area contributed by atoms with Gasteiger partial charge in [-0.25, -0.2) is 4.79 Å². The van der Waals surface area contributed by atoms with Crippen molar-refractivity contribution in [2.75, 3.05) is 7.11 Å². The quantitative estimate of drug-likeness (QED) is 0.288. The van der Waals surface area contributed by atoms with Gasteiger partial charge in [0.15, 0.2) is 5.84 Å². The number of terminal acetylenes is 1. The molecule has 0 atom stereocenters. The summed E-state index contributed by atoms with van der Waals surface area (Å²) in [6.45, 7) is 0. The number of oxime groups is 1. The summed E-state index contributed by atoms with van der Waals surface area (Å²) in [4.78, 5) is 15.0. The molecule has 17 heavy (non-hydrogen) atoms. The Hall–Kier alpha value is -2.19. The highest BCUT2D eigenvalue weighted by molar-refractivity contribution is 6.31. The highest BCUT2D eigenvalue weighted by Gasteiger charge is 2.09. The van der Waals surface area contributed by atoms with Gasteiger partial charge in [-0.1, -0.05) is 16.8 Å². The summed E-state index contributed by atoms with van der Waals surface area (Å²) in [5.74, 6) is 1.18. The van der Waals surface area contributed by atoms with Gasteiger partial charge in [0.1, 0.15) is 5.75 Å². The van der Waals surface area contributed by atoms with E-state index in [1.807, 2.05) is 0 Å². The Labute approximate surface area is 103 Å². The monoisotopic (exact) mass is 252 g/mol. The Balaban J connectivity index is 3.03. The van der Waals surface area contributed by atoms with Gasteiger partial charge < -0.3 is 15.3 Å². The minimum atomic E-state index is -0.936. The van der Waals surface area contributed by atoms with E-state index in [4.69, 9.17) is 28.5 Å². The zero-order valence-electron chi connectivity index (χ0n) is 8.94. The summed E-state index contributed by atoms with van der Waals surface area (Å²) in [6, 6.07) is 4.77. The molecule has 2 N–H and O–H groups in total. The zero-order chi connectivity index (χ0) is 12.8. The third-order valence-corrected chi connectivity index (χ3v) is 2.02. The number of carbonyl (C=O) groups excluding carboxylic acids is 1. The molecule has 0 saturated carbocycles. The molecule has 1 rings (SSSR count). The summed E-state index contributed by atoms with van der Waals surface area (Å²) in [5.41, 5.74) is 6.02. The van der Waals surface area contributed by atoms with Crippen molar-refractivity contribution in [3.63, 3.8) is 0 Å². The second-order valence-corrected chi connectivity index (χ2v) is 3.28. The van der Waals surface area contributed by atoms with Gasteiger partial charge in [0.25, 0.3) is 0 Å². The first-order chi connectivity index (χ1) is 8.08. The second kappa shape index (κ2) is 5.77. The number of hydrogen-bond acceptors (Lipinski definition) is 4. The van der Waals surface area contributed by atoms with Crippen LogP contribution >= 0.6 is 11.6 Å². The van der Waals surface area contributed by atoms with Crippen molar-refractivity contribution in [3.8, 4) is 18.1 Å². The van der Waals surface area contributed by atoms with Gasteiger partial charge in [-0.2, -0.15) is 0 Å². The van der Waals surface area contributed by atoms with Crippen molar-refractivity contribution < 1.29 is 14.4 Å². The maximum absolute atomic E-state index is 10.7. The number of halogens is 1. The highest BCUT2D eigenvalue weighted by Crippen LogP contribution is 2.22.